The SMILES string of the molecule is COC(=O)[C@H]1C(=O)C2=C(C[C@H]1C)NC(C)=C(C(=O)OC(C)C)[C@H]2c1cccc(O)c1. The van der Waals surface area contributed by atoms with E-state index in [4.69, 9.17) is 9.47 Å². The summed E-state index contributed by atoms with van der Waals surface area (Å²) in [5.41, 5.74) is 2.48. The van der Waals surface area contributed by atoms with Crippen molar-refractivity contribution in [1.29, 1.82) is 0 Å². The summed E-state index contributed by atoms with van der Waals surface area (Å²) >= 11 is 0. The average molecular weight is 413 g/mol. The number of hydrogen-bond donors (Lipinski definition) is 2. The van der Waals surface area contributed by atoms with Gasteiger partial charge in [-0.25, -0.2) is 4.79 Å². The van der Waals surface area contributed by atoms with E-state index < -0.39 is 23.8 Å². The van der Waals surface area contributed by atoms with Gasteiger partial charge in [0.1, 0.15) is 11.7 Å². The molecule has 2 N–H and O–H groups in total. The van der Waals surface area contributed by atoms with Gasteiger partial charge in [-0.2, -0.15) is 0 Å². The number of dihydropyridines is 1. The molecule has 1 aliphatic heterocycles. The largest absolute Gasteiger partial charge is 0.508 e. The molecule has 3 rings (SSSR count). The molecule has 2 aliphatic rings. The molecule has 30 heavy (non-hydrogen) atoms. The van der Waals surface area contributed by atoms with Crippen LogP contribution >= 0.6 is 0 Å². The van der Waals surface area contributed by atoms with E-state index >= 15 is 0 Å². The number of esters is 2. The van der Waals surface area contributed by atoms with Crippen LogP contribution in [0.1, 0.15) is 45.6 Å². The van der Waals surface area contributed by atoms with Gasteiger partial charge < -0.3 is 19.9 Å². The Balaban J connectivity index is 2.19. The number of Topliss-reactive ketones (excluding diaryl/α,β-unsaturated/α-hetero) is 1. The van der Waals surface area contributed by atoms with Crippen LogP contribution in [0.15, 0.2) is 46.8 Å². The Hall–Kier alpha value is -3.09. The topological polar surface area (TPSA) is 102 Å². The Labute approximate surface area is 175 Å². The molecule has 0 fully saturated rings. The van der Waals surface area contributed by atoms with Crippen LogP contribution in [-0.4, -0.2) is 36.0 Å². The van der Waals surface area contributed by atoms with E-state index in [0.717, 1.165) is 0 Å². The van der Waals surface area contributed by atoms with E-state index in [2.05, 4.69) is 5.32 Å². The van der Waals surface area contributed by atoms with Crippen LogP contribution in [0.5, 0.6) is 5.75 Å². The Bertz CT molecular complexity index is 958. The third kappa shape index (κ3) is 3.84. The molecular weight excluding hydrogens is 386 g/mol. The standard InChI is InChI=1S/C23H27NO6/c1-11(2)30-23(28)18-13(4)24-16-9-12(3)17(22(27)29-5)21(26)20(16)19(18)14-7-6-8-15(25)10-14/h6-8,10-12,17,19,24-25H,9H2,1-5H3/t12-,17-,19-/m1/s1. The lowest BCUT2D eigenvalue weighted by Gasteiger charge is -2.38. The summed E-state index contributed by atoms with van der Waals surface area (Å²) in [7, 11) is 1.26. The van der Waals surface area contributed by atoms with E-state index in [1.54, 1.807) is 32.9 Å². The maximum absolute atomic E-state index is 13.5. The monoisotopic (exact) mass is 413 g/mol. The molecule has 0 unspecified atom stereocenters. The van der Waals surface area contributed by atoms with E-state index in [-0.39, 0.29) is 23.6 Å². The van der Waals surface area contributed by atoms with Crippen LogP contribution in [-0.2, 0) is 23.9 Å². The zero-order chi connectivity index (χ0) is 22.2. The van der Waals surface area contributed by atoms with E-state index in [0.29, 0.717) is 34.5 Å². The van der Waals surface area contributed by atoms with Crippen LogP contribution in [0.25, 0.3) is 0 Å². The fraction of sp³-hybridized carbons (Fsp3) is 0.435. The molecule has 7 heteroatoms. The highest BCUT2D eigenvalue weighted by Gasteiger charge is 2.47. The minimum Gasteiger partial charge on any atom is -0.508 e. The second-order valence-corrected chi connectivity index (χ2v) is 8.08. The Morgan fingerprint density at radius 3 is 2.57 bits per heavy atom. The Morgan fingerprint density at radius 1 is 1.27 bits per heavy atom. The molecule has 1 heterocycles. The first-order chi connectivity index (χ1) is 14.1. The quantitative estimate of drug-likeness (QED) is 0.578. The Morgan fingerprint density at radius 2 is 1.97 bits per heavy atom. The number of methoxy groups -OCH3 is 1. The molecule has 0 bridgehead atoms. The molecule has 0 amide bonds. The highest BCUT2D eigenvalue weighted by atomic mass is 16.5. The van der Waals surface area contributed by atoms with Gasteiger partial charge in [-0.15, -0.1) is 0 Å². The number of hydrogen-bond acceptors (Lipinski definition) is 7. The second kappa shape index (κ2) is 8.34. The second-order valence-electron chi connectivity index (χ2n) is 8.08. The number of carbonyl (C=O) groups excluding carboxylic acids is 3. The predicted molar refractivity (Wildman–Crippen MR) is 109 cm³/mol. The number of phenolic OH excluding ortho intramolecular Hbond substituents is 1. The number of allylic oxidation sites excluding steroid dienone is 3. The summed E-state index contributed by atoms with van der Waals surface area (Å²) < 4.78 is 10.3. The van der Waals surface area contributed by atoms with Gasteiger partial charge >= 0.3 is 11.9 Å². The van der Waals surface area contributed by atoms with Crippen LogP contribution in [0.2, 0.25) is 0 Å². The lowest BCUT2D eigenvalue weighted by Crippen LogP contribution is -2.43. The van der Waals surface area contributed by atoms with Crippen molar-refractivity contribution in [3.8, 4) is 5.75 Å². The molecule has 1 aromatic carbocycles. The van der Waals surface area contributed by atoms with Crippen molar-refractivity contribution in [3.05, 3.63) is 52.4 Å². The number of carbonyl (C=O) groups is 3. The van der Waals surface area contributed by atoms with Crippen molar-refractivity contribution in [2.75, 3.05) is 7.11 Å². The summed E-state index contributed by atoms with van der Waals surface area (Å²) in [6, 6.07) is 6.44. The summed E-state index contributed by atoms with van der Waals surface area (Å²) in [4.78, 5) is 38.9. The number of phenols is 1. The predicted octanol–water partition coefficient (Wildman–Crippen LogP) is 2.96. The van der Waals surface area contributed by atoms with Crippen LogP contribution in [0.4, 0.5) is 0 Å². The van der Waals surface area contributed by atoms with Gasteiger partial charge in [0.2, 0.25) is 0 Å². The van der Waals surface area contributed by atoms with Crippen molar-refractivity contribution in [1.82, 2.24) is 5.32 Å². The molecule has 0 spiro atoms. The molecule has 0 aromatic heterocycles. The third-order valence-electron chi connectivity index (χ3n) is 5.51. The van der Waals surface area contributed by atoms with Gasteiger partial charge in [0.05, 0.1) is 18.8 Å². The molecule has 7 nitrogen and oxygen atoms in total. The van der Waals surface area contributed by atoms with Gasteiger partial charge in [0.25, 0.3) is 0 Å². The molecule has 1 aliphatic carbocycles. The minimum atomic E-state index is -0.948. The van der Waals surface area contributed by atoms with Gasteiger partial charge in [0, 0.05) is 22.9 Å². The minimum absolute atomic E-state index is 0.0172. The summed E-state index contributed by atoms with van der Waals surface area (Å²) in [6.45, 7) is 7.09. The number of ketones is 1. The molecule has 0 saturated heterocycles. The summed E-state index contributed by atoms with van der Waals surface area (Å²) in [6.07, 6.45) is 0.114. The first kappa shape index (κ1) is 21.6. The first-order valence-corrected chi connectivity index (χ1v) is 9.98. The highest BCUT2D eigenvalue weighted by Crippen LogP contribution is 2.45. The normalized spacial score (nSPS) is 23.8. The fourth-order valence-corrected chi connectivity index (χ4v) is 4.27. The van der Waals surface area contributed by atoms with Gasteiger partial charge in [-0.3, -0.25) is 9.59 Å². The van der Waals surface area contributed by atoms with Crippen LogP contribution < -0.4 is 5.32 Å². The van der Waals surface area contributed by atoms with Crippen molar-refractivity contribution < 1.29 is 29.0 Å². The molecule has 0 radical (unpaired) electrons. The molecular formula is C23H27NO6. The van der Waals surface area contributed by atoms with Crippen molar-refractivity contribution >= 4 is 17.7 Å². The maximum Gasteiger partial charge on any atom is 0.337 e. The van der Waals surface area contributed by atoms with Crippen molar-refractivity contribution in [2.24, 2.45) is 11.8 Å². The lowest BCUT2D eigenvalue weighted by molar-refractivity contribution is -0.151. The summed E-state index contributed by atoms with van der Waals surface area (Å²) in [5, 5.41) is 13.2. The number of ether oxygens (including phenoxy) is 2. The molecule has 3 atom stereocenters. The number of benzene rings is 1. The number of rotatable bonds is 4. The maximum atomic E-state index is 13.5. The zero-order valence-electron chi connectivity index (χ0n) is 17.8. The van der Waals surface area contributed by atoms with Gasteiger partial charge in [0.15, 0.2) is 5.78 Å². The van der Waals surface area contributed by atoms with Crippen LogP contribution in [0.3, 0.4) is 0 Å². The highest BCUT2D eigenvalue weighted by molar-refractivity contribution is 6.12. The molecule has 1 aromatic rings. The zero-order valence-corrected chi connectivity index (χ0v) is 17.8. The van der Waals surface area contributed by atoms with Gasteiger partial charge in [-0.05, 0) is 50.8 Å². The Kier molecular flexibility index (Phi) is 6.01. The van der Waals surface area contributed by atoms with Crippen LogP contribution in [0, 0.1) is 11.8 Å². The van der Waals surface area contributed by atoms with Crippen molar-refractivity contribution in [2.45, 2.75) is 46.1 Å². The molecule has 160 valence electrons. The van der Waals surface area contributed by atoms with E-state index in [1.165, 1.54) is 19.2 Å². The number of aromatic hydroxyl groups is 1. The third-order valence-corrected chi connectivity index (χ3v) is 5.51. The van der Waals surface area contributed by atoms with Gasteiger partial charge in [-0.1, -0.05) is 19.1 Å². The molecule has 0 saturated carbocycles. The first-order valence-electron chi connectivity index (χ1n) is 9.98. The summed E-state index contributed by atoms with van der Waals surface area (Å²) in [5.74, 6) is -3.45. The van der Waals surface area contributed by atoms with Crippen molar-refractivity contribution in [3.63, 3.8) is 0 Å². The van der Waals surface area contributed by atoms with E-state index in [9.17, 15) is 19.5 Å². The average Bonchev–Trinajstić information content (AvgIpc) is 2.65. The smallest absolute Gasteiger partial charge is 0.337 e. The fourth-order valence-electron chi connectivity index (χ4n) is 4.27. The lowest BCUT2D eigenvalue weighted by atomic mass is 9.69. The number of nitrogens with one attached hydrogen (secondary N) is 1. The van der Waals surface area contributed by atoms with E-state index in [1.807, 2.05) is 6.92 Å².